The topological polar surface area (TPSA) is 21.3 Å². The SMILES string of the molecule is CC(C)OC[C@H]1CC[C@@H](C)N1. The molecule has 2 heteroatoms. The first-order valence-electron chi connectivity index (χ1n) is 4.56. The molecule has 1 saturated heterocycles. The molecule has 0 unspecified atom stereocenters. The van der Waals surface area contributed by atoms with Crippen molar-refractivity contribution in [3.63, 3.8) is 0 Å². The van der Waals surface area contributed by atoms with Crippen molar-refractivity contribution in [2.45, 2.75) is 51.8 Å². The molecule has 66 valence electrons. The summed E-state index contributed by atoms with van der Waals surface area (Å²) in [6, 6.07) is 1.29. The van der Waals surface area contributed by atoms with Gasteiger partial charge in [-0.1, -0.05) is 0 Å². The molecule has 0 bridgehead atoms. The van der Waals surface area contributed by atoms with Crippen LogP contribution in [-0.4, -0.2) is 24.8 Å². The van der Waals surface area contributed by atoms with Crippen LogP contribution in [0.3, 0.4) is 0 Å². The Kier molecular flexibility index (Phi) is 3.34. The fourth-order valence-electron chi connectivity index (χ4n) is 1.46. The molecule has 1 N–H and O–H groups in total. The van der Waals surface area contributed by atoms with E-state index in [9.17, 15) is 0 Å². The summed E-state index contributed by atoms with van der Waals surface area (Å²) < 4.78 is 5.51. The monoisotopic (exact) mass is 157 g/mol. The van der Waals surface area contributed by atoms with Gasteiger partial charge in [-0.2, -0.15) is 0 Å². The first kappa shape index (κ1) is 9.01. The smallest absolute Gasteiger partial charge is 0.0623 e. The molecule has 0 amide bonds. The molecule has 11 heavy (non-hydrogen) atoms. The number of nitrogens with one attached hydrogen (secondary N) is 1. The third kappa shape index (κ3) is 3.21. The van der Waals surface area contributed by atoms with E-state index in [4.69, 9.17) is 4.74 Å². The third-order valence-corrected chi connectivity index (χ3v) is 2.10. The zero-order chi connectivity index (χ0) is 8.27. The second kappa shape index (κ2) is 4.07. The molecule has 0 aromatic carbocycles. The van der Waals surface area contributed by atoms with Gasteiger partial charge in [0.2, 0.25) is 0 Å². The van der Waals surface area contributed by atoms with E-state index in [1.54, 1.807) is 0 Å². The molecule has 1 heterocycles. The third-order valence-electron chi connectivity index (χ3n) is 2.10. The highest BCUT2D eigenvalue weighted by Gasteiger charge is 2.19. The van der Waals surface area contributed by atoms with Gasteiger partial charge in [-0.05, 0) is 33.6 Å². The average Bonchev–Trinajstić information content (AvgIpc) is 2.31. The van der Waals surface area contributed by atoms with E-state index in [0.29, 0.717) is 18.2 Å². The van der Waals surface area contributed by atoms with Gasteiger partial charge >= 0.3 is 0 Å². The molecule has 1 fully saturated rings. The average molecular weight is 157 g/mol. The van der Waals surface area contributed by atoms with Crippen LogP contribution in [0.5, 0.6) is 0 Å². The van der Waals surface area contributed by atoms with E-state index in [2.05, 4.69) is 26.1 Å². The van der Waals surface area contributed by atoms with Crippen LogP contribution in [0, 0.1) is 0 Å². The number of hydrogen-bond donors (Lipinski definition) is 1. The predicted octanol–water partition coefficient (Wildman–Crippen LogP) is 1.55. The van der Waals surface area contributed by atoms with Crippen molar-refractivity contribution in [1.82, 2.24) is 5.32 Å². The highest BCUT2D eigenvalue weighted by atomic mass is 16.5. The Balaban J connectivity index is 2.08. The van der Waals surface area contributed by atoms with Crippen LogP contribution in [0.15, 0.2) is 0 Å². The standard InChI is InChI=1S/C9H19NO/c1-7(2)11-6-9-5-4-8(3)10-9/h7-10H,4-6H2,1-3H3/t8-,9-/m1/s1. The van der Waals surface area contributed by atoms with Crippen LogP contribution in [-0.2, 0) is 4.74 Å². The first-order valence-corrected chi connectivity index (χ1v) is 4.56. The van der Waals surface area contributed by atoms with Gasteiger partial charge in [0.05, 0.1) is 12.7 Å². The minimum atomic E-state index is 0.368. The summed E-state index contributed by atoms with van der Waals surface area (Å²) in [4.78, 5) is 0. The summed E-state index contributed by atoms with van der Waals surface area (Å²) >= 11 is 0. The Morgan fingerprint density at radius 1 is 1.45 bits per heavy atom. The maximum Gasteiger partial charge on any atom is 0.0623 e. The molecule has 1 aliphatic heterocycles. The van der Waals surface area contributed by atoms with Gasteiger partial charge in [0.1, 0.15) is 0 Å². The molecule has 0 saturated carbocycles. The van der Waals surface area contributed by atoms with E-state index in [1.807, 2.05) is 0 Å². The summed E-state index contributed by atoms with van der Waals surface area (Å²) in [5.41, 5.74) is 0. The van der Waals surface area contributed by atoms with E-state index in [1.165, 1.54) is 12.8 Å². The number of rotatable bonds is 3. The van der Waals surface area contributed by atoms with Crippen molar-refractivity contribution >= 4 is 0 Å². The van der Waals surface area contributed by atoms with Gasteiger partial charge in [-0.25, -0.2) is 0 Å². The highest BCUT2D eigenvalue weighted by Crippen LogP contribution is 2.11. The Morgan fingerprint density at radius 2 is 2.18 bits per heavy atom. The minimum Gasteiger partial charge on any atom is -0.377 e. The van der Waals surface area contributed by atoms with Gasteiger partial charge in [-0.3, -0.25) is 0 Å². The predicted molar refractivity (Wildman–Crippen MR) is 46.7 cm³/mol. The molecule has 0 spiro atoms. The largest absolute Gasteiger partial charge is 0.377 e. The van der Waals surface area contributed by atoms with Gasteiger partial charge < -0.3 is 10.1 Å². The van der Waals surface area contributed by atoms with Crippen molar-refractivity contribution in [3.8, 4) is 0 Å². The summed E-state index contributed by atoms with van der Waals surface area (Å²) in [6.07, 6.45) is 2.94. The van der Waals surface area contributed by atoms with Gasteiger partial charge in [0.25, 0.3) is 0 Å². The normalized spacial score (nSPS) is 31.6. The molecule has 2 atom stereocenters. The molecule has 1 aliphatic rings. The Hall–Kier alpha value is -0.0800. The van der Waals surface area contributed by atoms with Crippen molar-refractivity contribution in [2.24, 2.45) is 0 Å². The summed E-state index contributed by atoms with van der Waals surface area (Å²) in [6.45, 7) is 7.27. The molecule has 1 rings (SSSR count). The quantitative estimate of drug-likeness (QED) is 0.671. The van der Waals surface area contributed by atoms with Crippen LogP contribution >= 0.6 is 0 Å². The van der Waals surface area contributed by atoms with E-state index < -0.39 is 0 Å². The zero-order valence-corrected chi connectivity index (χ0v) is 7.76. The van der Waals surface area contributed by atoms with Crippen LogP contribution in [0.4, 0.5) is 0 Å². The fraction of sp³-hybridized carbons (Fsp3) is 1.00. The maximum atomic E-state index is 5.51. The Morgan fingerprint density at radius 3 is 2.64 bits per heavy atom. The lowest BCUT2D eigenvalue weighted by molar-refractivity contribution is 0.0642. The van der Waals surface area contributed by atoms with Crippen LogP contribution in [0.2, 0.25) is 0 Å². The second-order valence-corrected chi connectivity index (χ2v) is 3.72. The van der Waals surface area contributed by atoms with Crippen molar-refractivity contribution in [1.29, 1.82) is 0 Å². The van der Waals surface area contributed by atoms with E-state index in [0.717, 1.165) is 6.61 Å². The van der Waals surface area contributed by atoms with Crippen molar-refractivity contribution in [2.75, 3.05) is 6.61 Å². The number of ether oxygens (including phenoxy) is 1. The van der Waals surface area contributed by atoms with Crippen LogP contribution in [0.1, 0.15) is 33.6 Å². The van der Waals surface area contributed by atoms with Crippen molar-refractivity contribution < 1.29 is 4.74 Å². The lowest BCUT2D eigenvalue weighted by Gasteiger charge is -2.14. The fourth-order valence-corrected chi connectivity index (χ4v) is 1.46. The molecular weight excluding hydrogens is 138 g/mol. The summed E-state index contributed by atoms with van der Waals surface area (Å²) in [5, 5.41) is 3.48. The van der Waals surface area contributed by atoms with Crippen LogP contribution in [0.25, 0.3) is 0 Å². The van der Waals surface area contributed by atoms with E-state index >= 15 is 0 Å². The summed E-state index contributed by atoms with van der Waals surface area (Å²) in [7, 11) is 0. The summed E-state index contributed by atoms with van der Waals surface area (Å²) in [5.74, 6) is 0. The molecule has 0 aromatic rings. The Labute approximate surface area is 69.3 Å². The molecule has 0 radical (unpaired) electrons. The number of hydrogen-bond acceptors (Lipinski definition) is 2. The molecule has 0 aromatic heterocycles. The maximum absolute atomic E-state index is 5.51. The van der Waals surface area contributed by atoms with Gasteiger partial charge in [-0.15, -0.1) is 0 Å². The molecule has 0 aliphatic carbocycles. The Bertz CT molecular complexity index is 114. The van der Waals surface area contributed by atoms with Crippen LogP contribution < -0.4 is 5.32 Å². The van der Waals surface area contributed by atoms with E-state index in [-0.39, 0.29) is 0 Å². The molecular formula is C9H19NO. The zero-order valence-electron chi connectivity index (χ0n) is 7.76. The van der Waals surface area contributed by atoms with Gasteiger partial charge in [0, 0.05) is 12.1 Å². The molecule has 2 nitrogen and oxygen atoms in total. The highest BCUT2D eigenvalue weighted by molar-refractivity contribution is 4.80. The first-order chi connectivity index (χ1) is 5.18. The second-order valence-electron chi connectivity index (χ2n) is 3.72. The lowest BCUT2D eigenvalue weighted by Crippen LogP contribution is -2.31. The lowest BCUT2D eigenvalue weighted by atomic mass is 10.2. The van der Waals surface area contributed by atoms with Gasteiger partial charge in [0.15, 0.2) is 0 Å². The van der Waals surface area contributed by atoms with Crippen molar-refractivity contribution in [3.05, 3.63) is 0 Å². The minimum absolute atomic E-state index is 0.368.